The number of hydrogen-bond acceptors (Lipinski definition) is 4. The van der Waals surface area contributed by atoms with Crippen molar-refractivity contribution in [2.75, 3.05) is 6.54 Å². The van der Waals surface area contributed by atoms with Crippen LogP contribution in [0.5, 0.6) is 0 Å². The minimum Gasteiger partial charge on any atom is -0.338 e. The van der Waals surface area contributed by atoms with E-state index in [2.05, 4.69) is 36.1 Å². The first-order valence-electron chi connectivity index (χ1n) is 8.22. The highest BCUT2D eigenvalue weighted by molar-refractivity contribution is 5.77. The molecule has 2 aromatic rings. The first-order valence-corrected chi connectivity index (χ1v) is 8.22. The molecule has 1 amide bonds. The molecule has 0 aromatic carbocycles. The summed E-state index contributed by atoms with van der Waals surface area (Å²) in [5.74, 6) is 1.38. The quantitative estimate of drug-likeness (QED) is 0.859. The molecule has 0 unspecified atom stereocenters. The molecule has 0 bridgehead atoms. The van der Waals surface area contributed by atoms with Gasteiger partial charge in [-0.3, -0.25) is 9.48 Å². The zero-order valence-corrected chi connectivity index (χ0v) is 14.3. The van der Waals surface area contributed by atoms with Gasteiger partial charge in [0.15, 0.2) is 5.82 Å². The molecule has 0 aliphatic carbocycles. The molecule has 2 aromatic heterocycles. The van der Waals surface area contributed by atoms with E-state index in [0.29, 0.717) is 18.9 Å². The topological polar surface area (TPSA) is 68.8 Å². The summed E-state index contributed by atoms with van der Waals surface area (Å²) in [4.78, 5) is 14.4. The average Bonchev–Trinajstić information content (AvgIpc) is 3.10. The Bertz CT molecular complexity index is 714. The molecule has 1 aliphatic rings. The number of aromatic nitrogens is 5. The molecule has 23 heavy (non-hydrogen) atoms. The SMILES string of the molecule is CCn1cnnc1-c1nn(C)c2c1CN(C(=O)CC(C)C)CC2. The van der Waals surface area contributed by atoms with E-state index in [0.717, 1.165) is 36.6 Å². The maximum Gasteiger partial charge on any atom is 0.223 e. The molecule has 1 aliphatic heterocycles. The van der Waals surface area contributed by atoms with Crippen molar-refractivity contribution in [2.24, 2.45) is 13.0 Å². The smallest absolute Gasteiger partial charge is 0.223 e. The lowest BCUT2D eigenvalue weighted by Crippen LogP contribution is -2.36. The summed E-state index contributed by atoms with van der Waals surface area (Å²) in [7, 11) is 1.96. The first kappa shape index (κ1) is 15.7. The fourth-order valence-electron chi connectivity index (χ4n) is 3.13. The fraction of sp³-hybridized carbons (Fsp3) is 0.625. The van der Waals surface area contributed by atoms with E-state index in [9.17, 15) is 4.79 Å². The van der Waals surface area contributed by atoms with Crippen LogP contribution in [0.15, 0.2) is 6.33 Å². The van der Waals surface area contributed by atoms with Crippen molar-refractivity contribution >= 4 is 5.91 Å². The summed E-state index contributed by atoms with van der Waals surface area (Å²) < 4.78 is 3.90. The largest absolute Gasteiger partial charge is 0.338 e. The predicted octanol–water partition coefficient (Wildman–Crippen LogP) is 1.63. The molecular weight excluding hydrogens is 292 g/mol. The van der Waals surface area contributed by atoms with Crippen LogP contribution in [-0.4, -0.2) is 41.9 Å². The Hall–Kier alpha value is -2.18. The summed E-state index contributed by atoms with van der Waals surface area (Å²) in [5.41, 5.74) is 3.15. The minimum atomic E-state index is 0.220. The fourth-order valence-corrected chi connectivity index (χ4v) is 3.13. The molecule has 3 rings (SSSR count). The third-order valence-corrected chi connectivity index (χ3v) is 4.35. The van der Waals surface area contributed by atoms with Crippen LogP contribution in [0.3, 0.4) is 0 Å². The zero-order chi connectivity index (χ0) is 16.6. The van der Waals surface area contributed by atoms with E-state index in [4.69, 9.17) is 0 Å². The van der Waals surface area contributed by atoms with Gasteiger partial charge in [0.1, 0.15) is 12.0 Å². The van der Waals surface area contributed by atoms with E-state index in [1.807, 2.05) is 21.2 Å². The van der Waals surface area contributed by atoms with Crippen LogP contribution in [-0.2, 0) is 31.4 Å². The lowest BCUT2D eigenvalue weighted by Gasteiger charge is -2.28. The van der Waals surface area contributed by atoms with Crippen LogP contribution in [0.25, 0.3) is 11.5 Å². The highest BCUT2D eigenvalue weighted by Gasteiger charge is 2.28. The highest BCUT2D eigenvalue weighted by atomic mass is 16.2. The molecule has 0 N–H and O–H groups in total. The molecule has 0 fully saturated rings. The third-order valence-electron chi connectivity index (χ3n) is 4.35. The second kappa shape index (κ2) is 6.14. The monoisotopic (exact) mass is 316 g/mol. The molecule has 0 atom stereocenters. The van der Waals surface area contributed by atoms with Gasteiger partial charge in [-0.25, -0.2) is 0 Å². The van der Waals surface area contributed by atoms with Crippen LogP contribution < -0.4 is 0 Å². The summed E-state index contributed by atoms with van der Waals surface area (Å²) in [5, 5.41) is 12.9. The summed E-state index contributed by atoms with van der Waals surface area (Å²) in [6, 6.07) is 0. The van der Waals surface area contributed by atoms with Crippen molar-refractivity contribution in [2.45, 2.75) is 46.7 Å². The zero-order valence-electron chi connectivity index (χ0n) is 14.3. The maximum atomic E-state index is 12.4. The number of carbonyl (C=O) groups excluding carboxylic acids is 1. The van der Waals surface area contributed by atoms with E-state index in [1.54, 1.807) is 6.33 Å². The van der Waals surface area contributed by atoms with Gasteiger partial charge in [-0.15, -0.1) is 10.2 Å². The first-order chi connectivity index (χ1) is 11.0. The Morgan fingerprint density at radius 1 is 1.39 bits per heavy atom. The molecule has 0 spiro atoms. The van der Waals surface area contributed by atoms with Gasteiger partial charge >= 0.3 is 0 Å². The van der Waals surface area contributed by atoms with Crippen LogP contribution in [0.4, 0.5) is 0 Å². The van der Waals surface area contributed by atoms with Crippen LogP contribution in [0.1, 0.15) is 38.4 Å². The van der Waals surface area contributed by atoms with Gasteiger partial charge in [0.25, 0.3) is 0 Å². The van der Waals surface area contributed by atoms with Crippen LogP contribution >= 0.6 is 0 Å². The van der Waals surface area contributed by atoms with Crippen LogP contribution in [0.2, 0.25) is 0 Å². The maximum absolute atomic E-state index is 12.4. The normalized spacial score (nSPS) is 14.4. The Kier molecular flexibility index (Phi) is 4.19. The Morgan fingerprint density at radius 2 is 2.17 bits per heavy atom. The van der Waals surface area contributed by atoms with Crippen molar-refractivity contribution in [3.05, 3.63) is 17.6 Å². The lowest BCUT2D eigenvalue weighted by molar-refractivity contribution is -0.132. The van der Waals surface area contributed by atoms with E-state index < -0.39 is 0 Å². The molecule has 7 nitrogen and oxygen atoms in total. The molecule has 7 heteroatoms. The molecule has 0 saturated carbocycles. The van der Waals surface area contributed by atoms with Crippen molar-refractivity contribution in [3.63, 3.8) is 0 Å². The number of aryl methyl sites for hydroxylation is 2. The standard InChI is InChI=1S/C16H24N6O/c1-5-21-10-17-18-16(21)15-12-9-22(14(23)8-11(2)3)7-6-13(12)20(4)19-15/h10-11H,5-9H2,1-4H3. The Balaban J connectivity index is 1.94. The lowest BCUT2D eigenvalue weighted by atomic mass is 10.0. The van der Waals surface area contributed by atoms with Gasteiger partial charge in [0, 0.05) is 50.8 Å². The van der Waals surface area contributed by atoms with Gasteiger partial charge < -0.3 is 9.47 Å². The Labute approximate surface area is 136 Å². The highest BCUT2D eigenvalue weighted by Crippen LogP contribution is 2.29. The Morgan fingerprint density at radius 3 is 2.87 bits per heavy atom. The number of fused-ring (bicyclic) bond motifs is 1. The third kappa shape index (κ3) is 2.87. The average molecular weight is 316 g/mol. The number of amides is 1. The summed E-state index contributed by atoms with van der Waals surface area (Å²) >= 11 is 0. The van der Waals surface area contributed by atoms with Gasteiger partial charge in [0.05, 0.1) is 0 Å². The van der Waals surface area contributed by atoms with E-state index in [1.165, 1.54) is 5.69 Å². The van der Waals surface area contributed by atoms with Gasteiger partial charge in [-0.05, 0) is 12.8 Å². The van der Waals surface area contributed by atoms with E-state index >= 15 is 0 Å². The van der Waals surface area contributed by atoms with Gasteiger partial charge in [-0.2, -0.15) is 5.10 Å². The number of rotatable bonds is 4. The number of hydrogen-bond donors (Lipinski definition) is 0. The molecule has 124 valence electrons. The minimum absolute atomic E-state index is 0.220. The van der Waals surface area contributed by atoms with Crippen molar-refractivity contribution in [3.8, 4) is 11.5 Å². The van der Waals surface area contributed by atoms with Gasteiger partial charge in [-0.1, -0.05) is 13.8 Å². The van der Waals surface area contributed by atoms with Crippen molar-refractivity contribution in [1.29, 1.82) is 0 Å². The number of nitrogens with zero attached hydrogens (tertiary/aromatic N) is 6. The van der Waals surface area contributed by atoms with Crippen molar-refractivity contribution in [1.82, 2.24) is 29.4 Å². The van der Waals surface area contributed by atoms with E-state index in [-0.39, 0.29) is 5.91 Å². The molecule has 0 saturated heterocycles. The predicted molar refractivity (Wildman–Crippen MR) is 86.5 cm³/mol. The molecule has 0 radical (unpaired) electrons. The van der Waals surface area contributed by atoms with Crippen LogP contribution in [0, 0.1) is 5.92 Å². The summed E-state index contributed by atoms with van der Waals surface area (Å²) in [6.45, 7) is 8.38. The summed E-state index contributed by atoms with van der Waals surface area (Å²) in [6.07, 6.45) is 3.15. The molecular formula is C16H24N6O. The second-order valence-electron chi connectivity index (χ2n) is 6.50. The van der Waals surface area contributed by atoms with Gasteiger partial charge in [0.2, 0.25) is 5.91 Å². The second-order valence-corrected chi connectivity index (χ2v) is 6.50. The van der Waals surface area contributed by atoms with Crippen molar-refractivity contribution < 1.29 is 4.79 Å². The molecule has 3 heterocycles. The number of carbonyl (C=O) groups is 1.